The lowest BCUT2D eigenvalue weighted by atomic mass is 10.1. The second-order valence-corrected chi connectivity index (χ2v) is 7.74. The first kappa shape index (κ1) is 20.4. The molecule has 0 saturated carbocycles. The number of hydrogen-bond acceptors (Lipinski definition) is 6. The van der Waals surface area contributed by atoms with Gasteiger partial charge in [0.1, 0.15) is 17.2 Å². The number of fused-ring (bicyclic) bond motifs is 1. The van der Waals surface area contributed by atoms with E-state index in [2.05, 4.69) is 15.3 Å². The molecule has 9 heteroatoms. The summed E-state index contributed by atoms with van der Waals surface area (Å²) in [5.41, 5.74) is 2.29. The van der Waals surface area contributed by atoms with Crippen molar-refractivity contribution in [1.29, 1.82) is 0 Å². The topological polar surface area (TPSA) is 114 Å². The Kier molecular flexibility index (Phi) is 5.59. The van der Waals surface area contributed by atoms with Crippen molar-refractivity contribution in [3.05, 3.63) is 59.1 Å². The predicted octanol–water partition coefficient (Wildman–Crippen LogP) is 4.19. The van der Waals surface area contributed by atoms with Crippen LogP contribution >= 0.6 is 11.3 Å². The van der Waals surface area contributed by atoms with E-state index < -0.39 is 5.97 Å². The number of carboxylic acids is 1. The highest BCUT2D eigenvalue weighted by molar-refractivity contribution is 7.16. The predicted molar refractivity (Wildman–Crippen MR) is 118 cm³/mol. The summed E-state index contributed by atoms with van der Waals surface area (Å²) in [6.45, 7) is 0. The number of methoxy groups -OCH3 is 2. The van der Waals surface area contributed by atoms with Gasteiger partial charge in [-0.2, -0.15) is 0 Å². The zero-order valence-electron chi connectivity index (χ0n) is 16.8. The molecule has 2 aromatic heterocycles. The minimum Gasteiger partial charge on any atom is -0.497 e. The highest BCUT2D eigenvalue weighted by Gasteiger charge is 2.21. The first-order valence-corrected chi connectivity index (χ1v) is 10.1. The number of aromatic amines is 1. The minimum absolute atomic E-state index is 0.232. The largest absolute Gasteiger partial charge is 0.497 e. The van der Waals surface area contributed by atoms with Gasteiger partial charge in [-0.1, -0.05) is 18.2 Å². The number of H-pyrrole nitrogens is 1. The van der Waals surface area contributed by atoms with Gasteiger partial charge in [-0.25, -0.2) is 4.98 Å². The van der Waals surface area contributed by atoms with Gasteiger partial charge in [-0.15, -0.1) is 11.3 Å². The van der Waals surface area contributed by atoms with Crippen LogP contribution in [0.1, 0.15) is 15.4 Å². The van der Waals surface area contributed by atoms with E-state index >= 15 is 0 Å². The van der Waals surface area contributed by atoms with E-state index in [0.717, 1.165) is 22.2 Å². The number of carbonyl (C=O) groups excluding carboxylic acids is 1. The Morgan fingerprint density at radius 1 is 1.13 bits per heavy atom. The van der Waals surface area contributed by atoms with Gasteiger partial charge in [0.2, 0.25) is 0 Å². The number of anilines is 1. The van der Waals surface area contributed by atoms with Crippen LogP contribution in [0.2, 0.25) is 0 Å². The number of thiazole rings is 1. The summed E-state index contributed by atoms with van der Waals surface area (Å²) in [6, 6.07) is 14.5. The Morgan fingerprint density at radius 3 is 2.65 bits per heavy atom. The number of aromatic nitrogens is 2. The van der Waals surface area contributed by atoms with E-state index in [9.17, 15) is 14.7 Å². The van der Waals surface area contributed by atoms with E-state index in [1.165, 1.54) is 7.11 Å². The molecule has 0 atom stereocenters. The standard InChI is InChI=1S/C22H19N3O5S/c1-29-13-7-8-14(17(10-13)30-2)20-18(11-19(26)27)31-22(24-20)25-21(28)16-9-12-5-3-4-6-15(12)23-16/h3-10,23H,11H2,1-2H3,(H,26,27)(H,24,25,28). The fourth-order valence-electron chi connectivity index (χ4n) is 3.23. The van der Waals surface area contributed by atoms with Gasteiger partial charge in [0.15, 0.2) is 5.13 Å². The fourth-order valence-corrected chi connectivity index (χ4v) is 4.19. The molecule has 0 fully saturated rings. The Hall–Kier alpha value is -3.85. The highest BCUT2D eigenvalue weighted by atomic mass is 32.1. The van der Waals surface area contributed by atoms with Crippen LogP contribution in [0.4, 0.5) is 5.13 Å². The lowest BCUT2D eigenvalue weighted by molar-refractivity contribution is -0.136. The maximum absolute atomic E-state index is 12.7. The van der Waals surface area contributed by atoms with Crippen LogP contribution in [-0.4, -0.2) is 41.2 Å². The second-order valence-electron chi connectivity index (χ2n) is 6.65. The van der Waals surface area contributed by atoms with Crippen molar-refractivity contribution in [1.82, 2.24) is 9.97 Å². The van der Waals surface area contributed by atoms with Crippen molar-refractivity contribution in [3.63, 3.8) is 0 Å². The van der Waals surface area contributed by atoms with Gasteiger partial charge >= 0.3 is 5.97 Å². The van der Waals surface area contributed by atoms with Crippen LogP contribution in [0.25, 0.3) is 22.2 Å². The van der Waals surface area contributed by atoms with Crippen LogP contribution in [0.5, 0.6) is 11.5 Å². The van der Waals surface area contributed by atoms with Crippen LogP contribution in [-0.2, 0) is 11.2 Å². The molecule has 0 spiro atoms. The third-order valence-electron chi connectivity index (χ3n) is 4.67. The van der Waals surface area contributed by atoms with Crippen molar-refractivity contribution >= 4 is 39.2 Å². The summed E-state index contributed by atoms with van der Waals surface area (Å²) >= 11 is 1.12. The first-order chi connectivity index (χ1) is 15.0. The summed E-state index contributed by atoms with van der Waals surface area (Å²) < 4.78 is 10.7. The normalized spacial score (nSPS) is 10.8. The average Bonchev–Trinajstić information content (AvgIpc) is 3.36. The average molecular weight is 437 g/mol. The molecule has 0 unspecified atom stereocenters. The number of hydrogen-bond donors (Lipinski definition) is 3. The Bertz CT molecular complexity index is 1240. The van der Waals surface area contributed by atoms with Gasteiger partial charge in [-0.3, -0.25) is 14.9 Å². The molecular formula is C22H19N3O5S. The maximum atomic E-state index is 12.7. The summed E-state index contributed by atoms with van der Waals surface area (Å²) in [5, 5.41) is 13.3. The van der Waals surface area contributed by atoms with Gasteiger partial charge in [0, 0.05) is 27.4 Å². The minimum atomic E-state index is -0.995. The molecule has 4 rings (SSSR count). The second kappa shape index (κ2) is 8.49. The summed E-state index contributed by atoms with van der Waals surface area (Å²) in [4.78, 5) is 32.2. The van der Waals surface area contributed by atoms with Crippen LogP contribution in [0.3, 0.4) is 0 Å². The first-order valence-electron chi connectivity index (χ1n) is 9.31. The van der Waals surface area contributed by atoms with Gasteiger partial charge in [-0.05, 0) is 24.3 Å². The van der Waals surface area contributed by atoms with Gasteiger partial charge < -0.3 is 19.6 Å². The van der Waals surface area contributed by atoms with Crippen molar-refractivity contribution in [2.75, 3.05) is 19.5 Å². The summed E-state index contributed by atoms with van der Waals surface area (Å²) in [5.74, 6) is -0.265. The Balaban J connectivity index is 1.69. The van der Waals surface area contributed by atoms with Gasteiger partial charge in [0.25, 0.3) is 5.91 Å². The monoisotopic (exact) mass is 437 g/mol. The molecule has 0 aliphatic carbocycles. The lowest BCUT2D eigenvalue weighted by Gasteiger charge is -2.09. The smallest absolute Gasteiger partial charge is 0.308 e. The van der Waals surface area contributed by atoms with Gasteiger partial charge in [0.05, 0.1) is 26.3 Å². The third kappa shape index (κ3) is 4.22. The van der Waals surface area contributed by atoms with Crippen molar-refractivity contribution in [2.45, 2.75) is 6.42 Å². The molecule has 1 amide bonds. The molecule has 0 saturated heterocycles. The number of carbonyl (C=O) groups is 2. The molecule has 0 radical (unpaired) electrons. The van der Waals surface area contributed by atoms with E-state index in [0.29, 0.717) is 38.5 Å². The lowest BCUT2D eigenvalue weighted by Crippen LogP contribution is -2.11. The third-order valence-corrected chi connectivity index (χ3v) is 5.64. The van der Waals surface area contributed by atoms with Crippen molar-refractivity contribution < 1.29 is 24.2 Å². The zero-order valence-corrected chi connectivity index (χ0v) is 17.6. The summed E-state index contributed by atoms with van der Waals surface area (Å²) in [7, 11) is 3.06. The molecule has 3 N–H and O–H groups in total. The number of carboxylic acid groups (broad SMARTS) is 1. The number of benzene rings is 2. The summed E-state index contributed by atoms with van der Waals surface area (Å²) in [6.07, 6.45) is -0.232. The van der Waals surface area contributed by atoms with Crippen molar-refractivity contribution in [2.24, 2.45) is 0 Å². The molecule has 2 aromatic carbocycles. The van der Waals surface area contributed by atoms with E-state index in [1.54, 1.807) is 31.4 Å². The number of rotatable bonds is 7. The SMILES string of the molecule is COc1ccc(-c2nc(NC(=O)c3cc4ccccc4[nH]3)sc2CC(=O)O)c(OC)c1. The van der Waals surface area contributed by atoms with Crippen molar-refractivity contribution in [3.8, 4) is 22.8 Å². The maximum Gasteiger partial charge on any atom is 0.308 e. The Labute approximate surface area is 181 Å². The Morgan fingerprint density at radius 2 is 1.94 bits per heavy atom. The molecule has 4 aromatic rings. The van der Waals surface area contributed by atoms with E-state index in [1.807, 2.05) is 24.3 Å². The number of ether oxygens (including phenoxy) is 2. The molecule has 158 valence electrons. The molecule has 31 heavy (non-hydrogen) atoms. The van der Waals surface area contributed by atoms with Crippen LogP contribution in [0, 0.1) is 0 Å². The van der Waals surface area contributed by atoms with E-state index in [4.69, 9.17) is 9.47 Å². The zero-order chi connectivity index (χ0) is 22.0. The molecule has 0 aliphatic heterocycles. The number of nitrogens with one attached hydrogen (secondary N) is 2. The van der Waals surface area contributed by atoms with Crippen LogP contribution in [0.15, 0.2) is 48.5 Å². The molecular weight excluding hydrogens is 418 g/mol. The number of nitrogens with zero attached hydrogens (tertiary/aromatic N) is 1. The number of para-hydroxylation sites is 1. The van der Waals surface area contributed by atoms with Crippen LogP contribution < -0.4 is 14.8 Å². The number of aliphatic carboxylic acids is 1. The fraction of sp³-hybridized carbons (Fsp3) is 0.136. The molecule has 0 bridgehead atoms. The molecule has 2 heterocycles. The quantitative estimate of drug-likeness (QED) is 0.400. The molecule has 0 aliphatic rings. The molecule has 8 nitrogen and oxygen atoms in total. The number of amides is 1. The highest BCUT2D eigenvalue weighted by Crippen LogP contribution is 2.38. The van der Waals surface area contributed by atoms with E-state index in [-0.39, 0.29) is 12.3 Å².